The number of hydrogen-bond donors (Lipinski definition) is 2. The molecule has 4 aromatic rings. The van der Waals surface area contributed by atoms with Crippen LogP contribution < -0.4 is 0 Å². The Morgan fingerprint density at radius 2 is 2.04 bits per heavy atom. The van der Waals surface area contributed by atoms with E-state index in [1.165, 1.54) is 0 Å². The van der Waals surface area contributed by atoms with Gasteiger partial charge in [-0.05, 0) is 37.3 Å². The van der Waals surface area contributed by atoms with Gasteiger partial charge in [0, 0.05) is 31.1 Å². The highest BCUT2D eigenvalue weighted by Gasteiger charge is 2.16. The molecule has 0 saturated carbocycles. The Bertz CT molecular complexity index is 1070. The molecule has 0 atom stereocenters. The second-order valence-electron chi connectivity index (χ2n) is 6.36. The van der Waals surface area contributed by atoms with E-state index in [0.29, 0.717) is 36.8 Å². The first-order chi connectivity index (χ1) is 13.2. The molecule has 0 aliphatic heterocycles. The highest BCUT2D eigenvalue weighted by Crippen LogP contribution is 2.27. The Morgan fingerprint density at radius 1 is 1.19 bits per heavy atom. The molecule has 2 aromatic heterocycles. The SMILES string of the molecule is CCOCCN(C)C(=O)c1ccc2[nH]nc(-c3nc4ccccc4[nH]3)c2c1. The summed E-state index contributed by atoms with van der Waals surface area (Å²) in [6, 6.07) is 13.4. The lowest BCUT2D eigenvalue weighted by Gasteiger charge is -2.17. The lowest BCUT2D eigenvalue weighted by molar-refractivity contribution is 0.0710. The summed E-state index contributed by atoms with van der Waals surface area (Å²) in [4.78, 5) is 22.3. The van der Waals surface area contributed by atoms with Crippen molar-refractivity contribution in [2.24, 2.45) is 0 Å². The molecule has 0 aliphatic rings. The van der Waals surface area contributed by atoms with Crippen LogP contribution in [0.2, 0.25) is 0 Å². The molecule has 7 nitrogen and oxygen atoms in total. The number of aromatic nitrogens is 4. The number of benzene rings is 2. The average Bonchev–Trinajstić information content (AvgIpc) is 3.30. The summed E-state index contributed by atoms with van der Waals surface area (Å²) in [5.74, 6) is 0.630. The number of carbonyl (C=O) groups is 1. The van der Waals surface area contributed by atoms with Crippen molar-refractivity contribution in [1.82, 2.24) is 25.1 Å². The van der Waals surface area contributed by atoms with Crippen LogP contribution in [0.15, 0.2) is 42.5 Å². The molecule has 0 aliphatic carbocycles. The van der Waals surface area contributed by atoms with Gasteiger partial charge in [-0.15, -0.1) is 0 Å². The first-order valence-corrected chi connectivity index (χ1v) is 8.94. The number of amides is 1. The molecular formula is C20H21N5O2. The van der Waals surface area contributed by atoms with E-state index in [-0.39, 0.29) is 5.91 Å². The largest absolute Gasteiger partial charge is 0.380 e. The van der Waals surface area contributed by atoms with Crippen molar-refractivity contribution < 1.29 is 9.53 Å². The summed E-state index contributed by atoms with van der Waals surface area (Å²) < 4.78 is 5.33. The number of ether oxygens (including phenoxy) is 1. The number of fused-ring (bicyclic) bond motifs is 2. The number of nitrogens with one attached hydrogen (secondary N) is 2. The quantitative estimate of drug-likeness (QED) is 0.515. The molecule has 0 saturated heterocycles. The Hall–Kier alpha value is -3.19. The van der Waals surface area contributed by atoms with E-state index in [0.717, 1.165) is 21.9 Å². The highest BCUT2D eigenvalue weighted by molar-refractivity contribution is 6.01. The fourth-order valence-electron chi connectivity index (χ4n) is 3.06. The molecule has 0 bridgehead atoms. The van der Waals surface area contributed by atoms with Crippen molar-refractivity contribution >= 4 is 27.8 Å². The van der Waals surface area contributed by atoms with E-state index >= 15 is 0 Å². The van der Waals surface area contributed by atoms with Crippen LogP contribution >= 0.6 is 0 Å². The third kappa shape index (κ3) is 3.29. The van der Waals surface area contributed by atoms with Crippen LogP contribution in [0.1, 0.15) is 17.3 Å². The first-order valence-electron chi connectivity index (χ1n) is 8.94. The number of rotatable bonds is 6. The zero-order valence-corrected chi connectivity index (χ0v) is 15.3. The molecular weight excluding hydrogens is 342 g/mol. The molecule has 27 heavy (non-hydrogen) atoms. The minimum Gasteiger partial charge on any atom is -0.380 e. The maximum absolute atomic E-state index is 12.7. The van der Waals surface area contributed by atoms with Gasteiger partial charge in [-0.3, -0.25) is 9.89 Å². The van der Waals surface area contributed by atoms with Crippen LogP contribution in [-0.2, 0) is 4.74 Å². The number of likely N-dealkylation sites (N-methyl/N-ethyl adjacent to an activating group) is 1. The van der Waals surface area contributed by atoms with Crippen molar-refractivity contribution in [2.75, 3.05) is 26.8 Å². The number of imidazole rings is 1. The topological polar surface area (TPSA) is 86.9 Å². The van der Waals surface area contributed by atoms with Gasteiger partial charge in [0.15, 0.2) is 5.82 Å². The fourth-order valence-corrected chi connectivity index (χ4v) is 3.06. The van der Waals surface area contributed by atoms with Crippen molar-refractivity contribution in [1.29, 1.82) is 0 Å². The molecule has 0 radical (unpaired) electrons. The molecule has 0 fully saturated rings. The fraction of sp³-hybridized carbons (Fsp3) is 0.250. The second-order valence-corrected chi connectivity index (χ2v) is 6.36. The Balaban J connectivity index is 1.67. The molecule has 1 amide bonds. The molecule has 2 N–H and O–H groups in total. The number of nitrogens with zero attached hydrogens (tertiary/aromatic N) is 3. The van der Waals surface area contributed by atoms with E-state index < -0.39 is 0 Å². The summed E-state index contributed by atoms with van der Waals surface area (Å²) in [5, 5.41) is 8.28. The van der Waals surface area contributed by atoms with Gasteiger partial charge in [-0.25, -0.2) is 4.98 Å². The maximum Gasteiger partial charge on any atom is 0.253 e. The van der Waals surface area contributed by atoms with E-state index in [1.54, 1.807) is 11.9 Å². The lowest BCUT2D eigenvalue weighted by Crippen LogP contribution is -2.30. The summed E-state index contributed by atoms with van der Waals surface area (Å²) in [6.45, 7) is 3.65. The molecule has 0 spiro atoms. The number of aromatic amines is 2. The molecule has 7 heteroatoms. The normalized spacial score (nSPS) is 11.3. The van der Waals surface area contributed by atoms with Crippen molar-refractivity contribution in [3.63, 3.8) is 0 Å². The Morgan fingerprint density at radius 3 is 2.85 bits per heavy atom. The summed E-state index contributed by atoms with van der Waals surface area (Å²) >= 11 is 0. The van der Waals surface area contributed by atoms with E-state index in [1.807, 2.05) is 49.4 Å². The van der Waals surface area contributed by atoms with Crippen molar-refractivity contribution in [3.8, 4) is 11.5 Å². The smallest absolute Gasteiger partial charge is 0.253 e. The predicted octanol–water partition coefficient (Wildman–Crippen LogP) is 3.21. The third-order valence-electron chi connectivity index (χ3n) is 4.55. The first kappa shape index (κ1) is 17.2. The zero-order valence-electron chi connectivity index (χ0n) is 15.3. The van der Waals surface area contributed by atoms with Crippen LogP contribution in [0.5, 0.6) is 0 Å². The van der Waals surface area contributed by atoms with Crippen LogP contribution in [0, 0.1) is 0 Å². The molecule has 2 heterocycles. The summed E-state index contributed by atoms with van der Waals surface area (Å²) in [5.41, 5.74) is 4.00. The Kier molecular flexibility index (Phi) is 4.60. The van der Waals surface area contributed by atoms with Gasteiger partial charge >= 0.3 is 0 Å². The van der Waals surface area contributed by atoms with Gasteiger partial charge in [0.25, 0.3) is 5.91 Å². The minimum atomic E-state index is -0.0478. The lowest BCUT2D eigenvalue weighted by atomic mass is 10.1. The number of H-pyrrole nitrogens is 2. The monoisotopic (exact) mass is 363 g/mol. The summed E-state index contributed by atoms with van der Waals surface area (Å²) in [6.07, 6.45) is 0. The predicted molar refractivity (Wildman–Crippen MR) is 105 cm³/mol. The van der Waals surface area contributed by atoms with Gasteiger partial charge in [0.05, 0.1) is 23.2 Å². The van der Waals surface area contributed by atoms with Crippen LogP contribution in [0.25, 0.3) is 33.5 Å². The van der Waals surface area contributed by atoms with E-state index in [9.17, 15) is 4.79 Å². The van der Waals surface area contributed by atoms with Crippen molar-refractivity contribution in [3.05, 3.63) is 48.0 Å². The maximum atomic E-state index is 12.7. The van der Waals surface area contributed by atoms with Crippen LogP contribution in [0.4, 0.5) is 0 Å². The molecule has 2 aromatic carbocycles. The second kappa shape index (κ2) is 7.20. The van der Waals surface area contributed by atoms with Gasteiger partial charge in [0.1, 0.15) is 5.69 Å². The number of carbonyl (C=O) groups excluding carboxylic acids is 1. The molecule has 4 rings (SSSR count). The van der Waals surface area contributed by atoms with Gasteiger partial charge in [0.2, 0.25) is 0 Å². The van der Waals surface area contributed by atoms with E-state index in [4.69, 9.17) is 4.74 Å². The van der Waals surface area contributed by atoms with Gasteiger partial charge in [-0.2, -0.15) is 5.10 Å². The minimum absolute atomic E-state index is 0.0478. The van der Waals surface area contributed by atoms with Crippen molar-refractivity contribution in [2.45, 2.75) is 6.92 Å². The van der Waals surface area contributed by atoms with E-state index in [2.05, 4.69) is 20.2 Å². The Labute approximate surface area is 156 Å². The zero-order chi connectivity index (χ0) is 18.8. The van der Waals surface area contributed by atoms with Crippen LogP contribution in [-0.4, -0.2) is 57.8 Å². The standard InChI is InChI=1S/C20H21N5O2/c1-3-27-11-10-25(2)20(26)13-8-9-15-14(12-13)18(24-23-15)19-21-16-6-4-5-7-17(16)22-19/h4-9,12H,3,10-11H2,1-2H3,(H,21,22)(H,23,24). The highest BCUT2D eigenvalue weighted by atomic mass is 16.5. The number of hydrogen-bond acceptors (Lipinski definition) is 4. The average molecular weight is 363 g/mol. The molecule has 0 unspecified atom stereocenters. The van der Waals surface area contributed by atoms with Gasteiger partial charge in [-0.1, -0.05) is 12.1 Å². The number of para-hydroxylation sites is 2. The molecule has 138 valence electrons. The van der Waals surface area contributed by atoms with Crippen LogP contribution in [0.3, 0.4) is 0 Å². The third-order valence-corrected chi connectivity index (χ3v) is 4.55. The summed E-state index contributed by atoms with van der Waals surface area (Å²) in [7, 11) is 1.78. The van der Waals surface area contributed by atoms with Gasteiger partial charge < -0.3 is 14.6 Å².